The lowest BCUT2D eigenvalue weighted by atomic mass is 9.68. The van der Waals surface area contributed by atoms with Gasteiger partial charge in [-0.2, -0.15) is 0 Å². The first kappa shape index (κ1) is 23.9. The van der Waals surface area contributed by atoms with Crippen molar-refractivity contribution in [1.82, 2.24) is 9.55 Å². The van der Waals surface area contributed by atoms with Gasteiger partial charge in [-0.3, -0.25) is 14.2 Å². The number of carbonyl (C=O) groups is 1. The number of anilines is 1. The Kier molecular flexibility index (Phi) is 6.83. The molecule has 1 fully saturated rings. The first-order valence-electron chi connectivity index (χ1n) is 12.7. The van der Waals surface area contributed by atoms with E-state index in [0.29, 0.717) is 11.7 Å². The first-order valence-corrected chi connectivity index (χ1v) is 13.7. The highest BCUT2D eigenvalue weighted by molar-refractivity contribution is 7.99. The number of fused-ring (bicyclic) bond motifs is 4. The van der Waals surface area contributed by atoms with Crippen LogP contribution in [0.3, 0.4) is 0 Å². The van der Waals surface area contributed by atoms with Crippen molar-refractivity contribution in [2.75, 3.05) is 11.1 Å². The van der Waals surface area contributed by atoms with Crippen molar-refractivity contribution in [2.24, 2.45) is 0 Å². The van der Waals surface area contributed by atoms with E-state index in [-0.39, 0.29) is 22.6 Å². The van der Waals surface area contributed by atoms with Crippen molar-refractivity contribution in [3.8, 4) is 11.3 Å². The fourth-order valence-corrected chi connectivity index (χ4v) is 6.52. The monoisotopic (exact) mass is 487 g/mol. The Morgan fingerprint density at radius 2 is 1.86 bits per heavy atom. The van der Waals surface area contributed by atoms with Crippen LogP contribution in [0.1, 0.15) is 62.1 Å². The van der Waals surface area contributed by atoms with Crippen LogP contribution in [0.25, 0.3) is 11.3 Å². The highest BCUT2D eigenvalue weighted by Gasteiger charge is 2.44. The molecule has 5 nitrogen and oxygen atoms in total. The minimum absolute atomic E-state index is 0.0917. The van der Waals surface area contributed by atoms with Crippen LogP contribution in [0, 0.1) is 6.92 Å². The van der Waals surface area contributed by atoms with Gasteiger partial charge in [0.25, 0.3) is 5.56 Å². The van der Waals surface area contributed by atoms with Crippen LogP contribution in [0.2, 0.25) is 0 Å². The summed E-state index contributed by atoms with van der Waals surface area (Å²) in [6.07, 6.45) is 7.24. The van der Waals surface area contributed by atoms with Crippen LogP contribution >= 0.6 is 11.8 Å². The number of thioether (sulfide) groups is 1. The molecule has 2 aliphatic rings. The van der Waals surface area contributed by atoms with Gasteiger partial charge in [0.05, 0.1) is 17.0 Å². The minimum atomic E-state index is -0.104. The molecule has 0 saturated heterocycles. The smallest absolute Gasteiger partial charge is 0.258 e. The minimum Gasteiger partial charge on any atom is -0.325 e. The summed E-state index contributed by atoms with van der Waals surface area (Å²) in [6, 6.07) is 16.2. The third-order valence-corrected chi connectivity index (χ3v) is 8.49. The second kappa shape index (κ2) is 10.0. The fourth-order valence-electron chi connectivity index (χ4n) is 5.70. The van der Waals surface area contributed by atoms with Crippen LogP contribution in [-0.4, -0.2) is 21.2 Å². The van der Waals surface area contributed by atoms with E-state index >= 15 is 0 Å². The van der Waals surface area contributed by atoms with Crippen LogP contribution in [0.15, 0.2) is 58.5 Å². The van der Waals surface area contributed by atoms with Crippen LogP contribution in [0.4, 0.5) is 5.69 Å². The second-order valence-corrected chi connectivity index (χ2v) is 10.8. The van der Waals surface area contributed by atoms with Crippen molar-refractivity contribution in [3.63, 3.8) is 0 Å². The Balaban J connectivity index is 1.53. The number of benzene rings is 2. The lowest BCUT2D eigenvalue weighted by Crippen LogP contribution is -2.40. The van der Waals surface area contributed by atoms with E-state index in [1.807, 2.05) is 41.8 Å². The van der Waals surface area contributed by atoms with Gasteiger partial charge in [0, 0.05) is 23.2 Å². The number of hydrogen-bond donors (Lipinski definition) is 1. The molecule has 1 aromatic heterocycles. The molecule has 6 heteroatoms. The standard InChI is InChI=1S/C29H33N3O2S/c1-3-4-17-32-27(34)25-26(22-13-7-6-12-21(22)18-29(25)15-9-10-16-29)31-28(32)35-19-24(33)30-23-14-8-5-11-20(23)2/h5-8,11-14H,3-4,9-10,15-19H2,1-2H3,(H,30,33). The van der Waals surface area contributed by atoms with Gasteiger partial charge in [-0.15, -0.1) is 0 Å². The average Bonchev–Trinajstić information content (AvgIpc) is 3.32. The van der Waals surface area contributed by atoms with Crippen LogP contribution < -0.4 is 10.9 Å². The van der Waals surface area contributed by atoms with E-state index in [4.69, 9.17) is 4.98 Å². The third kappa shape index (κ3) is 4.56. The largest absolute Gasteiger partial charge is 0.325 e. The molecule has 2 aliphatic carbocycles. The fraction of sp³-hybridized carbons (Fsp3) is 0.414. The van der Waals surface area contributed by atoms with Gasteiger partial charge in [0.15, 0.2) is 5.16 Å². The molecule has 0 bridgehead atoms. The van der Waals surface area contributed by atoms with Crippen molar-refractivity contribution >= 4 is 23.4 Å². The molecule has 1 spiro atoms. The van der Waals surface area contributed by atoms with Crippen molar-refractivity contribution in [1.29, 1.82) is 0 Å². The number of hydrogen-bond acceptors (Lipinski definition) is 4. The number of nitrogens with zero attached hydrogens (tertiary/aromatic N) is 2. The summed E-state index contributed by atoms with van der Waals surface area (Å²) in [5, 5.41) is 3.65. The number of aromatic nitrogens is 2. The third-order valence-electron chi connectivity index (χ3n) is 7.51. The summed E-state index contributed by atoms with van der Waals surface area (Å²) in [7, 11) is 0. The zero-order valence-corrected chi connectivity index (χ0v) is 21.4. The number of nitrogens with one attached hydrogen (secondary N) is 1. The zero-order chi connectivity index (χ0) is 24.4. The summed E-state index contributed by atoms with van der Waals surface area (Å²) < 4.78 is 1.85. The van der Waals surface area contributed by atoms with E-state index in [0.717, 1.165) is 73.0 Å². The topological polar surface area (TPSA) is 64.0 Å². The molecule has 35 heavy (non-hydrogen) atoms. The van der Waals surface area contributed by atoms with E-state index in [1.54, 1.807) is 0 Å². The Morgan fingerprint density at radius 1 is 1.11 bits per heavy atom. The van der Waals surface area contributed by atoms with Crippen molar-refractivity contribution in [3.05, 3.63) is 75.6 Å². The molecule has 2 aromatic carbocycles. The number of carbonyl (C=O) groups excluding carboxylic acids is 1. The SMILES string of the molecule is CCCCn1c(SCC(=O)Nc2ccccc2C)nc2c(c1=O)C1(CCCC1)Cc1ccccc1-2. The molecule has 5 rings (SSSR count). The van der Waals surface area contributed by atoms with Gasteiger partial charge in [-0.05, 0) is 49.8 Å². The van der Waals surface area contributed by atoms with Gasteiger partial charge < -0.3 is 5.32 Å². The van der Waals surface area contributed by atoms with E-state index in [9.17, 15) is 9.59 Å². The van der Waals surface area contributed by atoms with Gasteiger partial charge in [-0.25, -0.2) is 4.98 Å². The predicted octanol–water partition coefficient (Wildman–Crippen LogP) is 6.12. The molecular weight excluding hydrogens is 454 g/mol. The molecule has 3 aromatic rings. The van der Waals surface area contributed by atoms with E-state index < -0.39 is 0 Å². The quantitative estimate of drug-likeness (QED) is 0.322. The lowest BCUT2D eigenvalue weighted by Gasteiger charge is -2.36. The Bertz CT molecular complexity index is 1310. The molecule has 182 valence electrons. The van der Waals surface area contributed by atoms with E-state index in [2.05, 4.69) is 30.4 Å². The van der Waals surface area contributed by atoms with Gasteiger partial charge in [0.2, 0.25) is 5.91 Å². The van der Waals surface area contributed by atoms with Gasteiger partial charge >= 0.3 is 0 Å². The Labute approximate surface area is 211 Å². The summed E-state index contributed by atoms with van der Waals surface area (Å²) in [4.78, 5) is 32.0. The molecular formula is C29H33N3O2S. The van der Waals surface area contributed by atoms with Crippen LogP contribution in [-0.2, 0) is 23.2 Å². The average molecular weight is 488 g/mol. The number of rotatable bonds is 7. The molecule has 1 heterocycles. The molecule has 1 N–H and O–H groups in total. The molecule has 1 amide bonds. The Morgan fingerprint density at radius 3 is 2.63 bits per heavy atom. The highest BCUT2D eigenvalue weighted by Crippen LogP contribution is 2.49. The van der Waals surface area contributed by atoms with Crippen LogP contribution in [0.5, 0.6) is 0 Å². The molecule has 0 aliphatic heterocycles. The van der Waals surface area contributed by atoms with Gasteiger partial charge in [-0.1, -0.05) is 80.4 Å². The van der Waals surface area contributed by atoms with Gasteiger partial charge in [0.1, 0.15) is 0 Å². The molecule has 1 saturated carbocycles. The second-order valence-electron chi connectivity index (χ2n) is 9.90. The van der Waals surface area contributed by atoms with E-state index in [1.165, 1.54) is 17.3 Å². The maximum absolute atomic E-state index is 14.1. The maximum atomic E-state index is 14.1. The first-order chi connectivity index (χ1) is 17.0. The summed E-state index contributed by atoms with van der Waals surface area (Å²) >= 11 is 1.36. The zero-order valence-electron chi connectivity index (χ0n) is 20.6. The number of aryl methyl sites for hydroxylation is 1. The summed E-state index contributed by atoms with van der Waals surface area (Å²) in [6.45, 7) is 4.75. The van der Waals surface area contributed by atoms with Crippen molar-refractivity contribution in [2.45, 2.75) is 75.9 Å². The number of unbranched alkanes of at least 4 members (excludes halogenated alkanes) is 1. The summed E-state index contributed by atoms with van der Waals surface area (Å²) in [5.74, 6) is 0.115. The molecule has 0 radical (unpaired) electrons. The molecule has 0 unspecified atom stereocenters. The lowest BCUT2D eigenvalue weighted by molar-refractivity contribution is -0.113. The predicted molar refractivity (Wildman–Crippen MR) is 143 cm³/mol. The number of amides is 1. The van der Waals surface area contributed by atoms with Crippen molar-refractivity contribution < 1.29 is 4.79 Å². The normalized spacial score (nSPS) is 15.6. The highest BCUT2D eigenvalue weighted by atomic mass is 32.2. The summed E-state index contributed by atoms with van der Waals surface area (Å²) in [5.41, 5.74) is 5.95. The maximum Gasteiger partial charge on any atom is 0.258 e. The Hall–Kier alpha value is -2.86. The molecule has 0 atom stereocenters. The number of para-hydroxylation sites is 1.